The molecule has 1 N–H and O–H groups in total. The summed E-state index contributed by atoms with van der Waals surface area (Å²) < 4.78 is 1.96. The molecule has 19 heavy (non-hydrogen) atoms. The predicted octanol–water partition coefficient (Wildman–Crippen LogP) is 1.27. The number of carbonyl (C=O) groups is 1. The maximum absolute atomic E-state index is 12.4. The molecule has 1 fully saturated rings. The van der Waals surface area contributed by atoms with Crippen molar-refractivity contribution in [2.45, 2.75) is 46.2 Å². The number of hydrogen-bond acceptors (Lipinski definition) is 3. The van der Waals surface area contributed by atoms with Gasteiger partial charge < -0.3 is 10.2 Å². The van der Waals surface area contributed by atoms with E-state index in [9.17, 15) is 4.79 Å². The minimum absolute atomic E-state index is 0.114. The summed E-state index contributed by atoms with van der Waals surface area (Å²) in [6.07, 6.45) is 0.520. The van der Waals surface area contributed by atoms with Crippen LogP contribution in [0.5, 0.6) is 0 Å². The van der Waals surface area contributed by atoms with E-state index in [1.54, 1.807) is 0 Å². The van der Waals surface area contributed by atoms with Crippen LogP contribution >= 0.6 is 0 Å². The van der Waals surface area contributed by atoms with E-state index in [0.29, 0.717) is 6.42 Å². The van der Waals surface area contributed by atoms with E-state index in [2.05, 4.69) is 30.3 Å². The fourth-order valence-electron chi connectivity index (χ4n) is 2.76. The molecule has 1 aromatic heterocycles. The van der Waals surface area contributed by atoms with Crippen molar-refractivity contribution in [3.8, 4) is 0 Å². The van der Waals surface area contributed by atoms with Gasteiger partial charge in [-0.1, -0.05) is 0 Å². The Hall–Kier alpha value is -1.36. The highest BCUT2D eigenvalue weighted by Gasteiger charge is 2.25. The van der Waals surface area contributed by atoms with Crippen molar-refractivity contribution < 1.29 is 4.79 Å². The molecule has 1 unspecified atom stereocenters. The summed E-state index contributed by atoms with van der Waals surface area (Å²) in [7, 11) is 0. The van der Waals surface area contributed by atoms with Crippen LogP contribution in [0, 0.1) is 13.8 Å². The van der Waals surface area contributed by atoms with Gasteiger partial charge in [-0.2, -0.15) is 5.10 Å². The molecule has 106 valence electrons. The topological polar surface area (TPSA) is 50.2 Å². The summed E-state index contributed by atoms with van der Waals surface area (Å²) in [6.45, 7) is 10.8. The minimum atomic E-state index is 0.114. The third kappa shape index (κ3) is 3.15. The van der Waals surface area contributed by atoms with Crippen LogP contribution in [-0.4, -0.2) is 46.3 Å². The Kier molecular flexibility index (Phi) is 4.24. The third-order valence-electron chi connectivity index (χ3n) is 3.75. The molecule has 1 aliphatic heterocycles. The molecule has 2 heterocycles. The van der Waals surface area contributed by atoms with Gasteiger partial charge in [-0.3, -0.25) is 9.48 Å². The van der Waals surface area contributed by atoms with E-state index in [-0.39, 0.29) is 18.0 Å². The van der Waals surface area contributed by atoms with Crippen LogP contribution in [0.2, 0.25) is 0 Å². The Bertz CT molecular complexity index is 454. The van der Waals surface area contributed by atoms with Crippen LogP contribution in [0.1, 0.15) is 37.7 Å². The van der Waals surface area contributed by atoms with Crippen LogP contribution in [0.25, 0.3) is 0 Å². The standard InChI is InChI=1S/C14H24N4O/c1-10-7-11(2)18(16-10)12(3)8-14(19)17-6-5-15-9-13(17)4/h7,12-13,15H,5-6,8-9H2,1-4H3/t12?,13-/m0/s1. The first-order chi connectivity index (χ1) is 8.99. The van der Waals surface area contributed by atoms with Gasteiger partial charge in [0.15, 0.2) is 0 Å². The predicted molar refractivity (Wildman–Crippen MR) is 75.1 cm³/mol. The first kappa shape index (κ1) is 14.1. The second-order valence-electron chi connectivity index (χ2n) is 5.57. The van der Waals surface area contributed by atoms with E-state index in [1.807, 2.05) is 23.4 Å². The zero-order chi connectivity index (χ0) is 14.0. The Morgan fingerprint density at radius 1 is 1.58 bits per heavy atom. The summed E-state index contributed by atoms with van der Waals surface area (Å²) in [5, 5.41) is 7.77. The lowest BCUT2D eigenvalue weighted by atomic mass is 10.1. The number of amides is 1. The zero-order valence-corrected chi connectivity index (χ0v) is 12.3. The van der Waals surface area contributed by atoms with Gasteiger partial charge in [-0.05, 0) is 33.8 Å². The van der Waals surface area contributed by atoms with Gasteiger partial charge in [0, 0.05) is 37.8 Å². The Morgan fingerprint density at radius 3 is 2.89 bits per heavy atom. The van der Waals surface area contributed by atoms with Gasteiger partial charge in [0.25, 0.3) is 0 Å². The van der Waals surface area contributed by atoms with Crippen LogP contribution < -0.4 is 5.32 Å². The number of nitrogens with zero attached hydrogens (tertiary/aromatic N) is 3. The number of hydrogen-bond donors (Lipinski definition) is 1. The van der Waals surface area contributed by atoms with Crippen molar-refractivity contribution in [1.82, 2.24) is 20.0 Å². The van der Waals surface area contributed by atoms with Crippen molar-refractivity contribution in [2.75, 3.05) is 19.6 Å². The molecule has 0 radical (unpaired) electrons. The summed E-state index contributed by atoms with van der Waals surface area (Å²) in [5.41, 5.74) is 2.12. The monoisotopic (exact) mass is 264 g/mol. The highest BCUT2D eigenvalue weighted by Crippen LogP contribution is 2.17. The number of carbonyl (C=O) groups excluding carboxylic acids is 1. The van der Waals surface area contributed by atoms with Gasteiger partial charge in [-0.25, -0.2) is 0 Å². The normalized spacial score (nSPS) is 21.5. The first-order valence-corrected chi connectivity index (χ1v) is 7.02. The number of aromatic nitrogens is 2. The Morgan fingerprint density at radius 2 is 2.32 bits per heavy atom. The number of piperazine rings is 1. The summed E-state index contributed by atoms with van der Waals surface area (Å²) in [4.78, 5) is 14.4. The molecular formula is C14H24N4O. The van der Waals surface area contributed by atoms with E-state index < -0.39 is 0 Å². The lowest BCUT2D eigenvalue weighted by Crippen LogP contribution is -2.52. The van der Waals surface area contributed by atoms with Gasteiger partial charge in [0.2, 0.25) is 5.91 Å². The van der Waals surface area contributed by atoms with Crippen molar-refractivity contribution in [3.05, 3.63) is 17.5 Å². The minimum Gasteiger partial charge on any atom is -0.337 e. The highest BCUT2D eigenvalue weighted by atomic mass is 16.2. The molecule has 2 atom stereocenters. The van der Waals surface area contributed by atoms with E-state index in [1.165, 1.54) is 0 Å². The summed E-state index contributed by atoms with van der Waals surface area (Å²) in [5.74, 6) is 0.231. The SMILES string of the molecule is Cc1cc(C)n(C(C)CC(=O)N2CCNC[C@@H]2C)n1. The van der Waals surface area contributed by atoms with Crippen molar-refractivity contribution in [3.63, 3.8) is 0 Å². The highest BCUT2D eigenvalue weighted by molar-refractivity contribution is 5.77. The van der Waals surface area contributed by atoms with E-state index in [0.717, 1.165) is 31.0 Å². The zero-order valence-electron chi connectivity index (χ0n) is 12.3. The molecule has 2 rings (SSSR count). The number of aryl methyl sites for hydroxylation is 2. The van der Waals surface area contributed by atoms with Gasteiger partial charge in [0.05, 0.1) is 11.7 Å². The third-order valence-corrected chi connectivity index (χ3v) is 3.75. The van der Waals surface area contributed by atoms with Crippen LogP contribution in [0.15, 0.2) is 6.07 Å². The second-order valence-corrected chi connectivity index (χ2v) is 5.57. The molecule has 0 bridgehead atoms. The molecule has 5 nitrogen and oxygen atoms in total. The molecule has 1 amide bonds. The summed E-state index contributed by atoms with van der Waals surface area (Å²) >= 11 is 0. The molecule has 0 aromatic carbocycles. The molecule has 5 heteroatoms. The van der Waals surface area contributed by atoms with Crippen molar-refractivity contribution in [2.24, 2.45) is 0 Å². The van der Waals surface area contributed by atoms with Crippen molar-refractivity contribution >= 4 is 5.91 Å². The average Bonchev–Trinajstić information content (AvgIpc) is 2.69. The lowest BCUT2D eigenvalue weighted by molar-refractivity contribution is -0.134. The van der Waals surface area contributed by atoms with Gasteiger partial charge in [-0.15, -0.1) is 0 Å². The molecule has 1 saturated heterocycles. The van der Waals surface area contributed by atoms with E-state index >= 15 is 0 Å². The summed E-state index contributed by atoms with van der Waals surface area (Å²) in [6, 6.07) is 2.45. The quantitative estimate of drug-likeness (QED) is 0.894. The number of rotatable bonds is 3. The van der Waals surface area contributed by atoms with Crippen LogP contribution in [-0.2, 0) is 4.79 Å². The average molecular weight is 264 g/mol. The molecule has 1 aromatic rings. The fourth-order valence-corrected chi connectivity index (χ4v) is 2.76. The van der Waals surface area contributed by atoms with E-state index in [4.69, 9.17) is 0 Å². The molecule has 0 saturated carbocycles. The number of nitrogens with one attached hydrogen (secondary N) is 1. The molecule has 0 spiro atoms. The smallest absolute Gasteiger partial charge is 0.225 e. The van der Waals surface area contributed by atoms with Crippen molar-refractivity contribution in [1.29, 1.82) is 0 Å². The first-order valence-electron chi connectivity index (χ1n) is 7.02. The molecular weight excluding hydrogens is 240 g/mol. The largest absolute Gasteiger partial charge is 0.337 e. The lowest BCUT2D eigenvalue weighted by Gasteiger charge is -2.34. The Labute approximate surface area is 115 Å². The van der Waals surface area contributed by atoms with Gasteiger partial charge >= 0.3 is 0 Å². The fraction of sp³-hybridized carbons (Fsp3) is 0.714. The second kappa shape index (κ2) is 5.74. The van der Waals surface area contributed by atoms with Crippen LogP contribution in [0.4, 0.5) is 0 Å². The molecule has 0 aliphatic carbocycles. The molecule has 1 aliphatic rings. The Balaban J connectivity index is 2.00. The van der Waals surface area contributed by atoms with Gasteiger partial charge in [0.1, 0.15) is 0 Å². The maximum atomic E-state index is 12.4. The van der Waals surface area contributed by atoms with Crippen LogP contribution in [0.3, 0.4) is 0 Å². The maximum Gasteiger partial charge on any atom is 0.225 e.